The number of carbonyl (C=O) groups is 3. The van der Waals surface area contributed by atoms with E-state index in [9.17, 15) is 14.4 Å². The van der Waals surface area contributed by atoms with Crippen LogP contribution in [0, 0.1) is 5.41 Å². The molecule has 1 fully saturated rings. The molecule has 1 amide bonds. The van der Waals surface area contributed by atoms with Crippen molar-refractivity contribution in [2.24, 2.45) is 5.41 Å². The Morgan fingerprint density at radius 2 is 1.70 bits per heavy atom. The number of carbonyl (C=O) groups excluding carboxylic acids is 3. The van der Waals surface area contributed by atoms with Crippen LogP contribution in [0.3, 0.4) is 0 Å². The molecule has 0 spiro atoms. The van der Waals surface area contributed by atoms with Crippen LogP contribution in [0.15, 0.2) is 24.3 Å². The lowest BCUT2D eigenvalue weighted by Gasteiger charge is -2.31. The van der Waals surface area contributed by atoms with Gasteiger partial charge in [0, 0.05) is 32.9 Å². The highest BCUT2D eigenvalue weighted by atomic mass is 35.5. The highest BCUT2D eigenvalue weighted by Crippen LogP contribution is 2.46. The summed E-state index contributed by atoms with van der Waals surface area (Å²) in [4.78, 5) is 38.9. The third-order valence-electron chi connectivity index (χ3n) is 6.32. The summed E-state index contributed by atoms with van der Waals surface area (Å²) in [6.07, 6.45) is 4.14. The third-order valence-corrected chi connectivity index (χ3v) is 7.99. The van der Waals surface area contributed by atoms with Gasteiger partial charge < -0.3 is 23.8 Å². The van der Waals surface area contributed by atoms with E-state index in [0.717, 1.165) is 29.7 Å². The van der Waals surface area contributed by atoms with E-state index < -0.39 is 17.5 Å². The molecule has 1 saturated heterocycles. The number of hydrogen-bond acceptors (Lipinski definition) is 8. The molecule has 0 atom stereocenters. The van der Waals surface area contributed by atoms with Crippen LogP contribution in [0.25, 0.3) is 10.4 Å². The van der Waals surface area contributed by atoms with Gasteiger partial charge in [-0.1, -0.05) is 57.8 Å². The zero-order valence-electron chi connectivity index (χ0n) is 27.1. The largest absolute Gasteiger partial charge is 0.490 e. The van der Waals surface area contributed by atoms with Crippen LogP contribution in [0.5, 0.6) is 11.5 Å². The van der Waals surface area contributed by atoms with Gasteiger partial charge in [0.2, 0.25) is 5.91 Å². The SMILES string of the molecule is CCCC(C)(C)C.CCOC(=O)COc1c(C(=O)OC(C)(C)C)sc(-c2cccc(OC3CCN(C(C)=O)CC3)c2)c1Cl. The molecule has 8 nitrogen and oxygen atoms in total. The Kier molecular flexibility index (Phi) is 13.8. The molecule has 0 aliphatic carbocycles. The lowest BCUT2D eigenvalue weighted by atomic mass is 9.91. The fourth-order valence-corrected chi connectivity index (χ4v) is 5.88. The van der Waals surface area contributed by atoms with Crippen LogP contribution < -0.4 is 9.47 Å². The fraction of sp³-hybridized carbons (Fsp3) is 0.606. The number of amides is 1. The quantitative estimate of drug-likeness (QED) is 0.256. The molecule has 1 aromatic heterocycles. The molecule has 1 aromatic carbocycles. The molecule has 240 valence electrons. The van der Waals surface area contributed by atoms with Crippen molar-refractivity contribution in [3.05, 3.63) is 34.2 Å². The highest BCUT2D eigenvalue weighted by molar-refractivity contribution is 7.18. The van der Waals surface area contributed by atoms with E-state index in [1.54, 1.807) is 34.6 Å². The summed E-state index contributed by atoms with van der Waals surface area (Å²) in [5.41, 5.74) is 0.562. The zero-order valence-corrected chi connectivity index (χ0v) is 28.7. The average Bonchev–Trinajstić information content (AvgIpc) is 3.23. The van der Waals surface area contributed by atoms with E-state index in [4.69, 9.17) is 30.5 Å². The molecule has 1 aliphatic heterocycles. The van der Waals surface area contributed by atoms with Crippen molar-refractivity contribution in [2.45, 2.75) is 99.7 Å². The Morgan fingerprint density at radius 3 is 2.21 bits per heavy atom. The third kappa shape index (κ3) is 12.4. The number of ether oxygens (including phenoxy) is 4. The molecule has 2 heterocycles. The van der Waals surface area contributed by atoms with Crippen LogP contribution in [0.2, 0.25) is 5.02 Å². The van der Waals surface area contributed by atoms with Gasteiger partial charge in [0.1, 0.15) is 22.5 Å². The Bertz CT molecular complexity index is 1220. The maximum Gasteiger partial charge on any atom is 0.352 e. The topological polar surface area (TPSA) is 91.4 Å². The lowest BCUT2D eigenvalue weighted by molar-refractivity contribution is -0.145. The average molecular weight is 638 g/mol. The summed E-state index contributed by atoms with van der Waals surface area (Å²) in [5.74, 6) is -0.343. The van der Waals surface area contributed by atoms with Crippen LogP contribution in [0.1, 0.15) is 97.7 Å². The molecular weight excluding hydrogens is 590 g/mol. The fourth-order valence-electron chi connectivity index (χ4n) is 4.44. The van der Waals surface area contributed by atoms with Gasteiger partial charge in [0.15, 0.2) is 17.2 Å². The van der Waals surface area contributed by atoms with E-state index in [1.807, 2.05) is 29.2 Å². The van der Waals surface area contributed by atoms with Crippen molar-refractivity contribution in [3.8, 4) is 21.9 Å². The van der Waals surface area contributed by atoms with Crippen molar-refractivity contribution in [3.63, 3.8) is 0 Å². The predicted octanol–water partition coefficient (Wildman–Crippen LogP) is 8.19. The van der Waals surface area contributed by atoms with E-state index >= 15 is 0 Å². The number of piperidine rings is 1. The van der Waals surface area contributed by atoms with Crippen LogP contribution in [-0.4, -0.2) is 60.8 Å². The van der Waals surface area contributed by atoms with E-state index in [2.05, 4.69) is 27.7 Å². The maximum absolute atomic E-state index is 12.9. The molecule has 0 radical (unpaired) electrons. The molecule has 0 N–H and O–H groups in total. The molecule has 1 aliphatic rings. The van der Waals surface area contributed by atoms with Crippen molar-refractivity contribution < 1.29 is 33.3 Å². The summed E-state index contributed by atoms with van der Waals surface area (Å²) >= 11 is 7.81. The van der Waals surface area contributed by atoms with Gasteiger partial charge in [-0.2, -0.15) is 0 Å². The van der Waals surface area contributed by atoms with Crippen molar-refractivity contribution >= 4 is 40.8 Å². The Hall–Kier alpha value is -2.78. The normalized spacial score (nSPS) is 14.0. The number of esters is 2. The molecule has 3 rings (SSSR count). The number of halogens is 1. The van der Waals surface area contributed by atoms with Crippen molar-refractivity contribution in [2.75, 3.05) is 26.3 Å². The maximum atomic E-state index is 12.9. The summed E-state index contributed by atoms with van der Waals surface area (Å²) in [7, 11) is 0. The van der Waals surface area contributed by atoms with Gasteiger partial charge in [-0.25, -0.2) is 9.59 Å². The molecule has 10 heteroatoms. The lowest BCUT2D eigenvalue weighted by Crippen LogP contribution is -2.40. The van der Waals surface area contributed by atoms with Gasteiger partial charge in [-0.3, -0.25) is 4.79 Å². The first-order valence-corrected chi connectivity index (χ1v) is 16.1. The predicted molar refractivity (Wildman–Crippen MR) is 172 cm³/mol. The minimum atomic E-state index is -0.724. The highest BCUT2D eigenvalue weighted by Gasteiger charge is 2.29. The first-order chi connectivity index (χ1) is 20.0. The smallest absolute Gasteiger partial charge is 0.352 e. The van der Waals surface area contributed by atoms with E-state index in [1.165, 1.54) is 12.8 Å². The minimum absolute atomic E-state index is 0.00421. The Balaban J connectivity index is 0.000000821. The second kappa shape index (κ2) is 16.3. The Morgan fingerprint density at radius 1 is 1.05 bits per heavy atom. The summed E-state index contributed by atoms with van der Waals surface area (Å²) in [5, 5.41) is 0.206. The number of hydrogen-bond donors (Lipinski definition) is 0. The van der Waals surface area contributed by atoms with Gasteiger partial charge in [-0.15, -0.1) is 11.3 Å². The molecule has 43 heavy (non-hydrogen) atoms. The molecule has 2 aromatic rings. The monoisotopic (exact) mass is 637 g/mol. The van der Waals surface area contributed by atoms with Crippen molar-refractivity contribution in [1.82, 2.24) is 4.90 Å². The van der Waals surface area contributed by atoms with Crippen LogP contribution in [0.4, 0.5) is 0 Å². The van der Waals surface area contributed by atoms with Gasteiger partial charge in [-0.05, 0) is 57.2 Å². The second-order valence-corrected chi connectivity index (χ2v) is 14.1. The van der Waals surface area contributed by atoms with Crippen LogP contribution in [-0.2, 0) is 19.1 Å². The number of thiophene rings is 1. The molecule has 0 bridgehead atoms. The van der Waals surface area contributed by atoms with Gasteiger partial charge >= 0.3 is 11.9 Å². The summed E-state index contributed by atoms with van der Waals surface area (Å²) in [6, 6.07) is 7.41. The summed E-state index contributed by atoms with van der Waals surface area (Å²) in [6.45, 7) is 18.8. The first kappa shape index (κ1) is 36.4. The Labute approximate surface area is 266 Å². The standard InChI is InChI=1S/C26H32ClNO7S.C7H16/c1-6-32-20(30)15-33-22-21(27)23(36-24(22)25(31)35-26(3,4)5)17-8-7-9-19(14-17)34-18-10-12-28(13-11-18)16(2)29;1-5-6-7(2,3)4/h7-9,14,18H,6,10-13,15H2,1-5H3;5-6H2,1-4H3. The number of rotatable bonds is 9. The van der Waals surface area contributed by atoms with E-state index in [0.29, 0.717) is 29.1 Å². The van der Waals surface area contributed by atoms with Crippen LogP contribution >= 0.6 is 22.9 Å². The first-order valence-electron chi connectivity index (χ1n) is 14.9. The zero-order chi connectivity index (χ0) is 32.4. The molecule has 0 unspecified atom stereocenters. The summed E-state index contributed by atoms with van der Waals surface area (Å²) < 4.78 is 22.3. The number of benzene rings is 1. The second-order valence-electron chi connectivity index (χ2n) is 12.7. The molecular formula is C33H48ClNO7S. The van der Waals surface area contributed by atoms with Gasteiger partial charge in [0.25, 0.3) is 0 Å². The number of nitrogens with zero attached hydrogens (tertiary/aromatic N) is 1. The minimum Gasteiger partial charge on any atom is -0.490 e. The van der Waals surface area contributed by atoms with Crippen molar-refractivity contribution in [1.29, 1.82) is 0 Å². The number of likely N-dealkylation sites (tertiary alicyclic amines) is 1. The van der Waals surface area contributed by atoms with Gasteiger partial charge in [0.05, 0.1) is 11.5 Å². The molecule has 0 saturated carbocycles. The van der Waals surface area contributed by atoms with E-state index in [-0.39, 0.29) is 40.9 Å².